The molecule has 1 atom stereocenters. The quantitative estimate of drug-likeness (QED) is 0.390. The molecule has 0 aliphatic heterocycles. The van der Waals surface area contributed by atoms with Crippen LogP contribution < -0.4 is 0 Å². The summed E-state index contributed by atoms with van der Waals surface area (Å²) in [6.07, 6.45) is 3.47. The molecule has 0 saturated carbocycles. The molecule has 0 N–H and O–H groups in total. The van der Waals surface area contributed by atoms with Crippen LogP contribution in [0, 0.1) is 5.92 Å². The summed E-state index contributed by atoms with van der Waals surface area (Å²) in [4.78, 5) is 22.7. The van der Waals surface area contributed by atoms with Crippen molar-refractivity contribution in [1.29, 1.82) is 0 Å². The van der Waals surface area contributed by atoms with Gasteiger partial charge in [0.1, 0.15) is 0 Å². The molecule has 0 aromatic rings. The zero-order valence-corrected chi connectivity index (χ0v) is 13.3. The monoisotopic (exact) mass is 309 g/mol. The minimum absolute atomic E-state index is 0.0492. The van der Waals surface area contributed by atoms with Gasteiger partial charge in [0.25, 0.3) is 0 Å². The number of hydrogen-bond donors (Lipinski definition) is 2. The summed E-state index contributed by atoms with van der Waals surface area (Å²) in [5.74, 6) is -0.176. The van der Waals surface area contributed by atoms with Gasteiger partial charge < -0.3 is 9.47 Å². The third kappa shape index (κ3) is 9.04. The van der Waals surface area contributed by atoms with Crippen LogP contribution >= 0.6 is 25.6 Å². The molecule has 0 spiro atoms. The van der Waals surface area contributed by atoms with Crippen molar-refractivity contribution < 1.29 is 19.1 Å². The van der Waals surface area contributed by atoms with Crippen molar-refractivity contribution in [1.82, 2.24) is 3.71 Å². The van der Waals surface area contributed by atoms with Gasteiger partial charge in [0.15, 0.2) is 0 Å². The Labute approximate surface area is 126 Å². The molecular weight excluding hydrogens is 286 g/mol. The highest BCUT2D eigenvalue weighted by Gasteiger charge is 2.18. The number of esters is 1. The SMILES string of the molecule is CCCC(CCCCOC(=O)N(S)S)C(=O)OCC. The predicted molar refractivity (Wildman–Crippen MR) is 80.0 cm³/mol. The first-order chi connectivity index (χ1) is 9.02. The van der Waals surface area contributed by atoms with Crippen LogP contribution in [0.4, 0.5) is 4.79 Å². The summed E-state index contributed by atoms with van der Waals surface area (Å²) in [5.41, 5.74) is 0. The normalized spacial score (nSPS) is 11.8. The lowest BCUT2D eigenvalue weighted by molar-refractivity contribution is -0.148. The fourth-order valence-electron chi connectivity index (χ4n) is 1.70. The van der Waals surface area contributed by atoms with Crippen LogP contribution in [-0.2, 0) is 14.3 Å². The number of nitrogens with zero attached hydrogens (tertiary/aromatic N) is 1. The van der Waals surface area contributed by atoms with Gasteiger partial charge in [-0.1, -0.05) is 13.3 Å². The lowest BCUT2D eigenvalue weighted by Gasteiger charge is -2.14. The van der Waals surface area contributed by atoms with Crippen molar-refractivity contribution in [2.24, 2.45) is 5.92 Å². The van der Waals surface area contributed by atoms with Crippen LogP contribution in [-0.4, -0.2) is 29.0 Å². The van der Waals surface area contributed by atoms with Gasteiger partial charge >= 0.3 is 12.1 Å². The van der Waals surface area contributed by atoms with Gasteiger partial charge in [-0.25, -0.2) is 4.79 Å². The summed E-state index contributed by atoms with van der Waals surface area (Å²) < 4.78 is 10.7. The molecule has 0 aliphatic rings. The Bertz CT molecular complexity index is 274. The topological polar surface area (TPSA) is 55.8 Å². The van der Waals surface area contributed by atoms with E-state index in [0.717, 1.165) is 29.4 Å². The van der Waals surface area contributed by atoms with E-state index < -0.39 is 6.09 Å². The highest BCUT2D eigenvalue weighted by Crippen LogP contribution is 2.17. The average molecular weight is 309 g/mol. The molecule has 5 nitrogen and oxygen atoms in total. The minimum Gasteiger partial charge on any atom is -0.466 e. The summed E-state index contributed by atoms with van der Waals surface area (Å²) in [6.45, 7) is 4.57. The fourth-order valence-corrected chi connectivity index (χ4v) is 1.81. The molecule has 0 saturated heterocycles. The van der Waals surface area contributed by atoms with E-state index in [1.54, 1.807) is 6.92 Å². The van der Waals surface area contributed by atoms with Gasteiger partial charge in [-0.15, -0.1) is 0 Å². The number of carbonyl (C=O) groups excluding carboxylic acids is 2. The molecule has 0 heterocycles. The van der Waals surface area contributed by atoms with Gasteiger partial charge in [0, 0.05) is 0 Å². The molecule has 0 rings (SSSR count). The van der Waals surface area contributed by atoms with Gasteiger partial charge in [-0.05, 0) is 58.2 Å². The molecule has 0 fully saturated rings. The van der Waals surface area contributed by atoms with E-state index >= 15 is 0 Å². The van der Waals surface area contributed by atoms with E-state index in [1.807, 2.05) is 6.92 Å². The van der Waals surface area contributed by atoms with Crippen LogP contribution in [0.2, 0.25) is 0 Å². The molecule has 0 aromatic heterocycles. The minimum atomic E-state index is -0.595. The summed E-state index contributed by atoms with van der Waals surface area (Å²) in [5, 5.41) is 0. The molecule has 0 radical (unpaired) electrons. The highest BCUT2D eigenvalue weighted by molar-refractivity contribution is 7.94. The van der Waals surface area contributed by atoms with Gasteiger partial charge in [0.2, 0.25) is 0 Å². The first-order valence-electron chi connectivity index (χ1n) is 6.54. The Kier molecular flexibility index (Phi) is 10.9. The molecule has 1 unspecified atom stereocenters. The molecule has 0 bridgehead atoms. The third-order valence-electron chi connectivity index (χ3n) is 2.59. The van der Waals surface area contributed by atoms with Crippen molar-refractivity contribution >= 4 is 37.7 Å². The van der Waals surface area contributed by atoms with Crippen LogP contribution in [0.3, 0.4) is 0 Å². The smallest absolute Gasteiger partial charge is 0.429 e. The van der Waals surface area contributed by atoms with Crippen LogP contribution in [0.1, 0.15) is 46.0 Å². The van der Waals surface area contributed by atoms with E-state index in [4.69, 9.17) is 9.47 Å². The van der Waals surface area contributed by atoms with E-state index in [9.17, 15) is 9.59 Å². The lowest BCUT2D eigenvalue weighted by atomic mass is 9.97. The number of unbranched alkanes of at least 4 members (excludes halogenated alkanes) is 1. The Hall–Kier alpha value is -0.560. The number of amides is 1. The molecular formula is C12H23NO4S2. The van der Waals surface area contributed by atoms with Crippen molar-refractivity contribution in [3.05, 3.63) is 0 Å². The van der Waals surface area contributed by atoms with Crippen LogP contribution in [0.5, 0.6) is 0 Å². The second-order valence-electron chi connectivity index (χ2n) is 4.14. The maximum Gasteiger partial charge on any atom is 0.429 e. The third-order valence-corrected chi connectivity index (χ3v) is 2.92. The Morgan fingerprint density at radius 1 is 1.11 bits per heavy atom. The van der Waals surface area contributed by atoms with Crippen LogP contribution in [0.25, 0.3) is 0 Å². The van der Waals surface area contributed by atoms with E-state index in [2.05, 4.69) is 25.6 Å². The number of hydrogen-bond acceptors (Lipinski definition) is 6. The predicted octanol–water partition coefficient (Wildman–Crippen LogP) is 3.26. The van der Waals surface area contributed by atoms with Crippen molar-refractivity contribution in [3.8, 4) is 0 Å². The molecule has 0 aromatic carbocycles. The maximum atomic E-state index is 11.7. The van der Waals surface area contributed by atoms with Gasteiger partial charge in [-0.3, -0.25) is 4.79 Å². The first-order valence-corrected chi connectivity index (χ1v) is 7.34. The molecule has 7 heteroatoms. The molecule has 0 aliphatic carbocycles. The number of rotatable bonds is 9. The van der Waals surface area contributed by atoms with Crippen molar-refractivity contribution in [2.75, 3.05) is 13.2 Å². The van der Waals surface area contributed by atoms with Gasteiger partial charge in [-0.2, -0.15) is 3.71 Å². The Morgan fingerprint density at radius 3 is 2.32 bits per heavy atom. The lowest BCUT2D eigenvalue weighted by Crippen LogP contribution is -2.18. The zero-order chi connectivity index (χ0) is 14.7. The van der Waals surface area contributed by atoms with Gasteiger partial charge in [0.05, 0.1) is 19.1 Å². The second-order valence-corrected chi connectivity index (χ2v) is 5.25. The molecule has 19 heavy (non-hydrogen) atoms. The Morgan fingerprint density at radius 2 is 1.79 bits per heavy atom. The van der Waals surface area contributed by atoms with Crippen molar-refractivity contribution in [3.63, 3.8) is 0 Å². The largest absolute Gasteiger partial charge is 0.466 e. The number of ether oxygens (including phenoxy) is 2. The standard InChI is InChI=1S/C12H23NO4S2/c1-3-7-10(11(14)16-4-2)8-5-6-9-17-12(15)13(18)19/h10,18-19H,3-9H2,1-2H3. The van der Waals surface area contributed by atoms with E-state index in [0.29, 0.717) is 19.6 Å². The zero-order valence-electron chi connectivity index (χ0n) is 11.5. The fraction of sp³-hybridized carbons (Fsp3) is 0.833. The number of thiol groups is 2. The molecule has 1 amide bonds. The summed E-state index contributed by atoms with van der Waals surface area (Å²) >= 11 is 7.38. The highest BCUT2D eigenvalue weighted by atomic mass is 32.2. The van der Waals surface area contributed by atoms with Crippen LogP contribution in [0.15, 0.2) is 0 Å². The summed E-state index contributed by atoms with van der Waals surface area (Å²) in [6, 6.07) is 0. The average Bonchev–Trinajstić information content (AvgIpc) is 2.36. The number of carbonyl (C=O) groups is 2. The van der Waals surface area contributed by atoms with E-state index in [-0.39, 0.29) is 11.9 Å². The maximum absolute atomic E-state index is 11.7. The Balaban J connectivity index is 3.81. The summed E-state index contributed by atoms with van der Waals surface area (Å²) in [7, 11) is 0. The molecule has 112 valence electrons. The first kappa shape index (κ1) is 18.4. The van der Waals surface area contributed by atoms with Crippen molar-refractivity contribution in [2.45, 2.75) is 46.0 Å². The second kappa shape index (κ2) is 11.3. The van der Waals surface area contributed by atoms with E-state index in [1.165, 1.54) is 0 Å².